The van der Waals surface area contributed by atoms with E-state index in [-0.39, 0.29) is 17.3 Å². The first-order valence-corrected chi connectivity index (χ1v) is 6.74. The summed E-state index contributed by atoms with van der Waals surface area (Å²) >= 11 is 5.89. The van der Waals surface area contributed by atoms with Gasteiger partial charge in [-0.3, -0.25) is 10.1 Å². The Bertz CT molecular complexity index is 673. The second-order valence-corrected chi connectivity index (χ2v) is 4.70. The van der Waals surface area contributed by atoms with Crippen molar-refractivity contribution in [2.45, 2.75) is 12.8 Å². The smallest absolute Gasteiger partial charge is 0.311 e. The van der Waals surface area contributed by atoms with E-state index >= 15 is 0 Å². The lowest BCUT2D eigenvalue weighted by Gasteiger charge is -2.11. The van der Waals surface area contributed by atoms with Crippen LogP contribution < -0.4 is 9.47 Å². The minimum absolute atomic E-state index is 0.120. The van der Waals surface area contributed by atoms with Gasteiger partial charge in [-0.15, -0.1) is 11.6 Å². The molecule has 0 unspecified atom stereocenters. The number of nitrogens with zero attached hydrogens (tertiary/aromatic N) is 1. The van der Waals surface area contributed by atoms with Crippen molar-refractivity contribution in [2.75, 3.05) is 7.11 Å². The van der Waals surface area contributed by atoms with Crippen molar-refractivity contribution in [3.63, 3.8) is 0 Å². The zero-order valence-electron chi connectivity index (χ0n) is 11.6. The summed E-state index contributed by atoms with van der Waals surface area (Å²) < 4.78 is 10.8. The van der Waals surface area contributed by atoms with Gasteiger partial charge in [-0.1, -0.05) is 17.7 Å². The molecule has 0 heterocycles. The molecule has 0 N–H and O–H groups in total. The fourth-order valence-electron chi connectivity index (χ4n) is 1.88. The van der Waals surface area contributed by atoms with E-state index in [9.17, 15) is 10.1 Å². The maximum absolute atomic E-state index is 11.1. The van der Waals surface area contributed by atoms with E-state index in [0.29, 0.717) is 11.5 Å². The Labute approximate surface area is 127 Å². The van der Waals surface area contributed by atoms with Crippen LogP contribution in [0.5, 0.6) is 17.2 Å². The van der Waals surface area contributed by atoms with E-state index in [1.165, 1.54) is 25.3 Å². The molecule has 2 aromatic rings. The molecule has 0 aromatic heterocycles. The van der Waals surface area contributed by atoms with E-state index in [0.717, 1.165) is 11.1 Å². The van der Waals surface area contributed by atoms with Crippen LogP contribution in [0.1, 0.15) is 11.1 Å². The molecular formula is C15H14ClNO4. The lowest BCUT2D eigenvalue weighted by molar-refractivity contribution is -0.385. The highest BCUT2D eigenvalue weighted by Gasteiger charge is 2.18. The van der Waals surface area contributed by atoms with Crippen LogP contribution in [0, 0.1) is 17.0 Å². The summed E-state index contributed by atoms with van der Waals surface area (Å²) in [6.07, 6.45) is 0. The van der Waals surface area contributed by atoms with Gasteiger partial charge in [-0.25, -0.2) is 0 Å². The van der Waals surface area contributed by atoms with Crippen molar-refractivity contribution in [1.82, 2.24) is 0 Å². The third kappa shape index (κ3) is 3.44. The predicted octanol–water partition coefficient (Wildman–Crippen LogP) is 4.44. The Morgan fingerprint density at radius 2 is 1.95 bits per heavy atom. The third-order valence-corrected chi connectivity index (χ3v) is 3.23. The van der Waals surface area contributed by atoms with E-state index in [1.807, 2.05) is 19.1 Å². The molecule has 110 valence electrons. The number of nitro groups is 1. The van der Waals surface area contributed by atoms with Crippen LogP contribution in [0.3, 0.4) is 0 Å². The molecule has 2 aromatic carbocycles. The van der Waals surface area contributed by atoms with E-state index < -0.39 is 4.92 Å². The molecule has 0 amide bonds. The van der Waals surface area contributed by atoms with E-state index in [2.05, 4.69) is 0 Å². The normalized spacial score (nSPS) is 10.2. The van der Waals surface area contributed by atoms with Crippen LogP contribution in [-0.4, -0.2) is 12.0 Å². The predicted molar refractivity (Wildman–Crippen MR) is 80.5 cm³/mol. The van der Waals surface area contributed by atoms with Gasteiger partial charge < -0.3 is 9.47 Å². The zero-order chi connectivity index (χ0) is 15.4. The number of methoxy groups -OCH3 is 1. The molecule has 0 aliphatic carbocycles. The van der Waals surface area contributed by atoms with Crippen LogP contribution in [0.2, 0.25) is 0 Å². The number of alkyl halides is 1. The van der Waals surface area contributed by atoms with Crippen molar-refractivity contribution in [2.24, 2.45) is 0 Å². The van der Waals surface area contributed by atoms with Crippen LogP contribution in [0.4, 0.5) is 5.69 Å². The fourth-order valence-corrected chi connectivity index (χ4v) is 2.09. The summed E-state index contributed by atoms with van der Waals surface area (Å²) in [5, 5.41) is 11.1. The summed E-state index contributed by atoms with van der Waals surface area (Å²) in [6.45, 7) is 1.94. The Kier molecular flexibility index (Phi) is 4.65. The quantitative estimate of drug-likeness (QED) is 0.465. The molecule has 21 heavy (non-hydrogen) atoms. The van der Waals surface area contributed by atoms with Gasteiger partial charge in [-0.05, 0) is 19.1 Å². The van der Waals surface area contributed by atoms with Crippen LogP contribution in [0.25, 0.3) is 0 Å². The summed E-state index contributed by atoms with van der Waals surface area (Å²) in [5.41, 5.74) is 1.68. The highest BCUT2D eigenvalue weighted by Crippen LogP contribution is 2.36. The Morgan fingerprint density at radius 1 is 1.19 bits per heavy atom. The van der Waals surface area contributed by atoms with Gasteiger partial charge in [0.15, 0.2) is 0 Å². The number of hydrogen-bond acceptors (Lipinski definition) is 4. The van der Waals surface area contributed by atoms with Crippen LogP contribution in [-0.2, 0) is 5.88 Å². The van der Waals surface area contributed by atoms with Crippen LogP contribution >= 0.6 is 11.6 Å². The van der Waals surface area contributed by atoms with Gasteiger partial charge in [-0.2, -0.15) is 0 Å². The average molecular weight is 308 g/mol. The molecule has 0 bridgehead atoms. The zero-order valence-corrected chi connectivity index (χ0v) is 12.4. The SMILES string of the molecule is COc1ccc([N+](=O)[O-])c(Oc2ccc(C)cc2CCl)c1. The molecular weight excluding hydrogens is 294 g/mol. The number of halogens is 1. The standard InChI is InChI=1S/C15H14ClNO4/c1-10-3-6-14(11(7-10)9-16)21-15-8-12(20-2)4-5-13(15)17(18)19/h3-8H,9H2,1-2H3. The minimum Gasteiger partial charge on any atom is -0.497 e. The summed E-state index contributed by atoms with van der Waals surface area (Å²) in [6, 6.07) is 9.84. The Balaban J connectivity index is 2.45. The first-order chi connectivity index (χ1) is 10.0. The van der Waals surface area contributed by atoms with Gasteiger partial charge in [0.05, 0.1) is 17.9 Å². The van der Waals surface area contributed by atoms with Gasteiger partial charge in [0, 0.05) is 17.7 Å². The van der Waals surface area contributed by atoms with Gasteiger partial charge >= 0.3 is 5.69 Å². The summed E-state index contributed by atoms with van der Waals surface area (Å²) in [7, 11) is 1.49. The molecule has 0 aliphatic heterocycles. The summed E-state index contributed by atoms with van der Waals surface area (Å²) in [5.74, 6) is 1.35. The second-order valence-electron chi connectivity index (χ2n) is 4.44. The molecule has 2 rings (SSSR count). The van der Waals surface area contributed by atoms with Gasteiger partial charge in [0.25, 0.3) is 0 Å². The van der Waals surface area contributed by atoms with Crippen molar-refractivity contribution in [3.05, 3.63) is 57.6 Å². The second kappa shape index (κ2) is 6.45. The topological polar surface area (TPSA) is 61.6 Å². The molecule has 5 nitrogen and oxygen atoms in total. The lowest BCUT2D eigenvalue weighted by Crippen LogP contribution is -1.96. The molecule has 0 spiro atoms. The van der Waals surface area contributed by atoms with E-state index in [4.69, 9.17) is 21.1 Å². The first kappa shape index (κ1) is 15.1. The summed E-state index contributed by atoms with van der Waals surface area (Å²) in [4.78, 5) is 10.6. The third-order valence-electron chi connectivity index (χ3n) is 2.94. The van der Waals surface area contributed by atoms with Crippen molar-refractivity contribution >= 4 is 17.3 Å². The molecule has 0 saturated heterocycles. The van der Waals surface area contributed by atoms with Crippen LogP contribution in [0.15, 0.2) is 36.4 Å². The number of ether oxygens (including phenoxy) is 2. The number of rotatable bonds is 5. The Hall–Kier alpha value is -2.27. The number of hydrogen-bond donors (Lipinski definition) is 0. The molecule has 0 fully saturated rings. The van der Waals surface area contributed by atoms with Crippen molar-refractivity contribution < 1.29 is 14.4 Å². The first-order valence-electron chi connectivity index (χ1n) is 6.21. The van der Waals surface area contributed by atoms with E-state index in [1.54, 1.807) is 6.07 Å². The maximum atomic E-state index is 11.1. The monoisotopic (exact) mass is 307 g/mol. The average Bonchev–Trinajstić information content (AvgIpc) is 2.48. The molecule has 0 radical (unpaired) electrons. The molecule has 0 aliphatic rings. The lowest BCUT2D eigenvalue weighted by atomic mass is 10.1. The maximum Gasteiger partial charge on any atom is 0.311 e. The van der Waals surface area contributed by atoms with Crippen molar-refractivity contribution in [1.29, 1.82) is 0 Å². The largest absolute Gasteiger partial charge is 0.497 e. The number of nitro benzene ring substituents is 1. The Morgan fingerprint density at radius 3 is 2.57 bits per heavy atom. The highest BCUT2D eigenvalue weighted by molar-refractivity contribution is 6.17. The minimum atomic E-state index is -0.497. The van der Waals surface area contributed by atoms with Gasteiger partial charge in [0.2, 0.25) is 5.75 Å². The fraction of sp³-hybridized carbons (Fsp3) is 0.200. The molecule has 0 atom stereocenters. The number of benzene rings is 2. The molecule has 0 saturated carbocycles. The molecule has 6 heteroatoms. The van der Waals surface area contributed by atoms with Gasteiger partial charge in [0.1, 0.15) is 11.5 Å². The number of aryl methyl sites for hydroxylation is 1. The highest BCUT2D eigenvalue weighted by atomic mass is 35.5. The van der Waals surface area contributed by atoms with Crippen molar-refractivity contribution in [3.8, 4) is 17.2 Å².